The van der Waals surface area contributed by atoms with Gasteiger partial charge in [0.25, 0.3) is 0 Å². The fraction of sp³-hybridized carbons (Fsp3) is 0.583. The number of nitrogens with one attached hydrogen (secondary N) is 2. The van der Waals surface area contributed by atoms with Crippen LogP contribution in [0.1, 0.15) is 13.3 Å². The Kier molecular flexibility index (Phi) is 9.64. The Morgan fingerprint density at radius 1 is 1.20 bits per heavy atom. The molecule has 2 amide bonds. The summed E-state index contributed by atoms with van der Waals surface area (Å²) < 4.78 is 4.62. The molecule has 112 valence electrons. The molecule has 20 heavy (non-hydrogen) atoms. The van der Waals surface area contributed by atoms with Crippen molar-refractivity contribution in [1.29, 1.82) is 0 Å². The Hall–Kier alpha value is -2.11. The maximum atomic E-state index is 11.5. The van der Waals surface area contributed by atoms with Gasteiger partial charge in [-0.05, 0) is 6.92 Å². The molecule has 0 spiro atoms. The molecular formula is C12H20N4O4. The molecule has 0 rings (SSSR count). The highest BCUT2D eigenvalue weighted by molar-refractivity contribution is 5.88. The largest absolute Gasteiger partial charge is 0.465 e. The molecule has 0 aromatic heterocycles. The van der Waals surface area contributed by atoms with Crippen molar-refractivity contribution >= 4 is 17.8 Å². The van der Waals surface area contributed by atoms with Crippen LogP contribution in [0.2, 0.25) is 0 Å². The average molecular weight is 284 g/mol. The van der Waals surface area contributed by atoms with E-state index >= 15 is 0 Å². The van der Waals surface area contributed by atoms with Crippen LogP contribution in [0.4, 0.5) is 0 Å². The van der Waals surface area contributed by atoms with Gasteiger partial charge in [0.05, 0.1) is 25.7 Å². The maximum absolute atomic E-state index is 11.5. The van der Waals surface area contributed by atoms with Gasteiger partial charge >= 0.3 is 5.97 Å². The summed E-state index contributed by atoms with van der Waals surface area (Å²) in [5, 5.41) is 4.64. The van der Waals surface area contributed by atoms with Crippen molar-refractivity contribution in [2.75, 3.05) is 26.2 Å². The molecule has 8 nitrogen and oxygen atoms in total. The molecule has 0 aromatic rings. The minimum absolute atomic E-state index is 0.160. The molecule has 0 bridgehead atoms. The number of hydrogen-bond acceptors (Lipinski definition) is 6. The Morgan fingerprint density at radius 2 is 1.90 bits per heavy atom. The van der Waals surface area contributed by atoms with E-state index < -0.39 is 23.8 Å². The van der Waals surface area contributed by atoms with E-state index in [1.165, 1.54) is 0 Å². The summed E-state index contributed by atoms with van der Waals surface area (Å²) in [4.78, 5) is 33.8. The molecule has 0 heterocycles. The fourth-order valence-electron chi connectivity index (χ4n) is 1.09. The molecule has 1 atom stereocenters. The molecule has 0 fully saturated rings. The third kappa shape index (κ3) is 8.91. The normalized spacial score (nSPS) is 10.8. The van der Waals surface area contributed by atoms with Gasteiger partial charge in [-0.2, -0.15) is 0 Å². The van der Waals surface area contributed by atoms with Crippen LogP contribution in [0.15, 0.2) is 0 Å². The number of nitrogens with two attached hydrogens (primary N) is 2. The zero-order valence-electron chi connectivity index (χ0n) is 11.4. The van der Waals surface area contributed by atoms with Crippen molar-refractivity contribution in [1.82, 2.24) is 10.6 Å². The third-order valence-corrected chi connectivity index (χ3v) is 2.04. The summed E-state index contributed by atoms with van der Waals surface area (Å²) in [6.45, 7) is 1.59. The molecule has 6 N–H and O–H groups in total. The summed E-state index contributed by atoms with van der Waals surface area (Å²) in [6.07, 6.45) is 0.160. The number of hydrogen-bond donors (Lipinski definition) is 4. The topological polar surface area (TPSA) is 137 Å². The quantitative estimate of drug-likeness (QED) is 0.300. The van der Waals surface area contributed by atoms with Crippen molar-refractivity contribution in [2.24, 2.45) is 11.5 Å². The second kappa shape index (κ2) is 10.8. The second-order valence-corrected chi connectivity index (χ2v) is 3.67. The minimum atomic E-state index is -0.827. The van der Waals surface area contributed by atoms with E-state index in [-0.39, 0.29) is 32.7 Å². The van der Waals surface area contributed by atoms with Gasteiger partial charge in [0, 0.05) is 6.42 Å². The highest BCUT2D eigenvalue weighted by Crippen LogP contribution is 1.85. The molecule has 0 aliphatic rings. The van der Waals surface area contributed by atoms with Crippen LogP contribution < -0.4 is 22.1 Å². The smallest absolute Gasteiger partial charge is 0.325 e. The van der Waals surface area contributed by atoms with E-state index in [4.69, 9.17) is 11.5 Å². The van der Waals surface area contributed by atoms with Crippen LogP contribution in [0.3, 0.4) is 0 Å². The first-order valence-electron chi connectivity index (χ1n) is 6.12. The lowest BCUT2D eigenvalue weighted by Crippen LogP contribution is -2.45. The highest BCUT2D eigenvalue weighted by Gasteiger charge is 2.13. The monoisotopic (exact) mass is 284 g/mol. The van der Waals surface area contributed by atoms with E-state index in [2.05, 4.69) is 27.2 Å². The molecule has 0 aliphatic carbocycles. The van der Waals surface area contributed by atoms with Crippen molar-refractivity contribution in [3.05, 3.63) is 0 Å². The van der Waals surface area contributed by atoms with Crippen LogP contribution in [0.5, 0.6) is 0 Å². The summed E-state index contributed by atoms with van der Waals surface area (Å²) in [7, 11) is 0. The van der Waals surface area contributed by atoms with Crippen LogP contribution in [0, 0.1) is 11.8 Å². The molecular weight excluding hydrogens is 264 g/mol. The van der Waals surface area contributed by atoms with Gasteiger partial charge < -0.3 is 26.8 Å². The standard InChI is InChI=1S/C12H20N4O4/c1-2-20-11(18)8-15-10(17)7-16-12(19)9(14)5-3-4-6-13/h9H,2,5-8,13-14H2,1H3,(H,15,17)(H,16,19). The average Bonchev–Trinajstić information content (AvgIpc) is 2.42. The van der Waals surface area contributed by atoms with Gasteiger partial charge in [-0.15, -0.1) is 0 Å². The summed E-state index contributed by atoms with van der Waals surface area (Å²) in [6, 6.07) is -0.827. The van der Waals surface area contributed by atoms with Gasteiger partial charge in [0.1, 0.15) is 6.54 Å². The zero-order chi connectivity index (χ0) is 15.4. The zero-order valence-corrected chi connectivity index (χ0v) is 11.4. The van der Waals surface area contributed by atoms with Gasteiger partial charge in [0.2, 0.25) is 11.8 Å². The minimum Gasteiger partial charge on any atom is -0.465 e. The number of esters is 1. The summed E-state index contributed by atoms with van der Waals surface area (Å²) in [5.74, 6) is 3.67. The van der Waals surface area contributed by atoms with Crippen LogP contribution in [-0.4, -0.2) is 50.1 Å². The van der Waals surface area contributed by atoms with Gasteiger partial charge in [-0.25, -0.2) is 0 Å². The van der Waals surface area contributed by atoms with E-state index in [0.29, 0.717) is 0 Å². The number of rotatable bonds is 7. The molecule has 0 aromatic carbocycles. The Bertz CT molecular complexity index is 400. The number of ether oxygens (including phenoxy) is 1. The first-order valence-corrected chi connectivity index (χ1v) is 6.12. The lowest BCUT2D eigenvalue weighted by Gasteiger charge is -2.09. The van der Waals surface area contributed by atoms with Gasteiger partial charge in [-0.3, -0.25) is 14.4 Å². The van der Waals surface area contributed by atoms with Gasteiger partial charge in [-0.1, -0.05) is 11.8 Å². The van der Waals surface area contributed by atoms with E-state index in [1.807, 2.05) is 0 Å². The highest BCUT2D eigenvalue weighted by atomic mass is 16.5. The van der Waals surface area contributed by atoms with Crippen molar-refractivity contribution < 1.29 is 19.1 Å². The maximum Gasteiger partial charge on any atom is 0.325 e. The van der Waals surface area contributed by atoms with Gasteiger partial charge in [0.15, 0.2) is 0 Å². The predicted molar refractivity (Wildman–Crippen MR) is 72.1 cm³/mol. The van der Waals surface area contributed by atoms with Crippen LogP contribution in [-0.2, 0) is 19.1 Å². The number of carbonyl (C=O) groups excluding carboxylic acids is 3. The van der Waals surface area contributed by atoms with Crippen molar-refractivity contribution in [3.63, 3.8) is 0 Å². The molecule has 0 saturated carbocycles. The molecule has 8 heteroatoms. The SMILES string of the molecule is CCOC(=O)CNC(=O)CNC(=O)C(N)CC#CCN. The Balaban J connectivity index is 3.88. The molecule has 0 radical (unpaired) electrons. The van der Waals surface area contributed by atoms with E-state index in [9.17, 15) is 14.4 Å². The van der Waals surface area contributed by atoms with Crippen molar-refractivity contribution in [3.8, 4) is 11.8 Å². The van der Waals surface area contributed by atoms with E-state index in [0.717, 1.165) is 0 Å². The lowest BCUT2D eigenvalue weighted by molar-refractivity contribution is -0.143. The molecule has 0 saturated heterocycles. The first-order chi connectivity index (χ1) is 9.51. The predicted octanol–water partition coefficient (Wildman–Crippen LogP) is -2.54. The summed E-state index contributed by atoms with van der Waals surface area (Å²) >= 11 is 0. The Morgan fingerprint density at radius 3 is 2.50 bits per heavy atom. The Labute approximate surface area is 117 Å². The third-order valence-electron chi connectivity index (χ3n) is 2.04. The first kappa shape index (κ1) is 17.9. The molecule has 0 aliphatic heterocycles. The summed E-state index contributed by atoms with van der Waals surface area (Å²) in [5.41, 5.74) is 10.7. The fourth-order valence-corrected chi connectivity index (χ4v) is 1.09. The van der Waals surface area contributed by atoms with Crippen molar-refractivity contribution in [2.45, 2.75) is 19.4 Å². The van der Waals surface area contributed by atoms with Crippen LogP contribution >= 0.6 is 0 Å². The second-order valence-electron chi connectivity index (χ2n) is 3.67. The lowest BCUT2D eigenvalue weighted by atomic mass is 10.2. The molecule has 1 unspecified atom stereocenters. The van der Waals surface area contributed by atoms with E-state index in [1.54, 1.807) is 6.92 Å². The van der Waals surface area contributed by atoms with Crippen LogP contribution in [0.25, 0.3) is 0 Å². The number of amides is 2. The number of carbonyl (C=O) groups is 3.